The van der Waals surface area contributed by atoms with E-state index in [0.29, 0.717) is 6.42 Å². The van der Waals surface area contributed by atoms with Gasteiger partial charge < -0.3 is 0 Å². The lowest BCUT2D eigenvalue weighted by molar-refractivity contribution is 0.803. The number of halogens is 2. The molecule has 0 unspecified atom stereocenters. The molecule has 1 aromatic carbocycles. The predicted molar refractivity (Wildman–Crippen MR) is 95.8 cm³/mol. The minimum Gasteiger partial charge on any atom is -0.269 e. The number of hydrogen-bond donors (Lipinski definition) is 0. The highest BCUT2D eigenvalue weighted by Crippen LogP contribution is 2.40. The molecule has 22 heavy (non-hydrogen) atoms. The number of benzene rings is 1. The van der Waals surface area contributed by atoms with Crippen molar-refractivity contribution in [3.63, 3.8) is 0 Å². The fraction of sp³-hybridized carbons (Fsp3) is 0.133. The standard InChI is InChI=1S/C15H10Br2N4S/c16-15(17,12-7-3-4-8-18-12)9-13-20-22-14-19-10-5-1-2-6-11(10)21(13)14/h1-8H,9H2. The first-order chi connectivity index (χ1) is 10.6. The molecule has 110 valence electrons. The highest BCUT2D eigenvalue weighted by molar-refractivity contribution is 9.24. The van der Waals surface area contributed by atoms with Crippen LogP contribution in [0.4, 0.5) is 0 Å². The maximum Gasteiger partial charge on any atom is 0.214 e. The Kier molecular flexibility index (Phi) is 3.51. The minimum absolute atomic E-state index is 0.451. The number of nitrogens with zero attached hydrogens (tertiary/aromatic N) is 4. The van der Waals surface area contributed by atoms with Crippen molar-refractivity contribution in [2.45, 2.75) is 9.65 Å². The van der Waals surface area contributed by atoms with Crippen molar-refractivity contribution < 1.29 is 0 Å². The second-order valence-corrected chi connectivity index (χ2v) is 9.42. The molecule has 0 aliphatic rings. The molecule has 0 fully saturated rings. The van der Waals surface area contributed by atoms with Crippen LogP contribution in [-0.4, -0.2) is 18.7 Å². The SMILES string of the molecule is BrC(Br)(Cc1nsc2nc3ccccc3n12)c1ccccn1. The van der Waals surface area contributed by atoms with Crippen molar-refractivity contribution in [1.29, 1.82) is 0 Å². The van der Waals surface area contributed by atoms with Crippen LogP contribution in [0.5, 0.6) is 0 Å². The van der Waals surface area contributed by atoms with E-state index in [1.165, 1.54) is 11.5 Å². The van der Waals surface area contributed by atoms with Gasteiger partial charge in [-0.25, -0.2) is 4.98 Å². The van der Waals surface area contributed by atoms with Crippen LogP contribution < -0.4 is 0 Å². The van der Waals surface area contributed by atoms with Crippen molar-refractivity contribution in [1.82, 2.24) is 18.7 Å². The van der Waals surface area contributed by atoms with Crippen molar-refractivity contribution in [3.05, 3.63) is 60.2 Å². The van der Waals surface area contributed by atoms with Gasteiger partial charge in [0.1, 0.15) is 9.06 Å². The fourth-order valence-electron chi connectivity index (χ4n) is 2.43. The monoisotopic (exact) mass is 436 g/mol. The average Bonchev–Trinajstić information content (AvgIpc) is 3.08. The lowest BCUT2D eigenvalue weighted by atomic mass is 10.2. The van der Waals surface area contributed by atoms with E-state index >= 15 is 0 Å². The molecule has 0 bridgehead atoms. The summed E-state index contributed by atoms with van der Waals surface area (Å²) < 4.78 is 6.23. The molecular weight excluding hydrogens is 428 g/mol. The van der Waals surface area contributed by atoms with Crippen LogP contribution >= 0.6 is 43.4 Å². The molecule has 4 aromatic rings. The van der Waals surface area contributed by atoms with E-state index in [1.807, 2.05) is 36.4 Å². The van der Waals surface area contributed by atoms with E-state index in [2.05, 4.69) is 56.7 Å². The number of alkyl halides is 2. The zero-order valence-corrected chi connectivity index (χ0v) is 15.3. The van der Waals surface area contributed by atoms with Crippen LogP contribution in [0, 0.1) is 0 Å². The quantitative estimate of drug-likeness (QED) is 0.442. The van der Waals surface area contributed by atoms with E-state index in [4.69, 9.17) is 0 Å². The lowest BCUT2D eigenvalue weighted by Gasteiger charge is -2.18. The molecule has 0 spiro atoms. The van der Waals surface area contributed by atoms with E-state index in [9.17, 15) is 0 Å². The Bertz CT molecular complexity index is 946. The van der Waals surface area contributed by atoms with Crippen LogP contribution in [-0.2, 0) is 9.65 Å². The number of fused-ring (bicyclic) bond motifs is 3. The number of aromatic nitrogens is 4. The molecule has 0 N–H and O–H groups in total. The highest BCUT2D eigenvalue weighted by atomic mass is 79.9. The van der Waals surface area contributed by atoms with E-state index < -0.39 is 3.23 Å². The second-order valence-electron chi connectivity index (χ2n) is 4.91. The molecule has 0 aliphatic heterocycles. The predicted octanol–water partition coefficient (Wildman–Crippen LogP) is 4.52. The summed E-state index contributed by atoms with van der Waals surface area (Å²) in [5.41, 5.74) is 2.99. The Hall–Kier alpha value is -1.31. The van der Waals surface area contributed by atoms with Gasteiger partial charge >= 0.3 is 0 Å². The molecular formula is C15H10Br2N4S. The number of hydrogen-bond acceptors (Lipinski definition) is 4. The average molecular weight is 438 g/mol. The third kappa shape index (κ3) is 2.37. The van der Waals surface area contributed by atoms with Crippen LogP contribution in [0.25, 0.3) is 16.0 Å². The summed E-state index contributed by atoms with van der Waals surface area (Å²) in [7, 11) is 0. The third-order valence-electron chi connectivity index (χ3n) is 3.44. The van der Waals surface area contributed by atoms with Crippen molar-refractivity contribution in [2.24, 2.45) is 0 Å². The van der Waals surface area contributed by atoms with E-state index in [0.717, 1.165) is 27.5 Å². The van der Waals surface area contributed by atoms with Gasteiger partial charge in [-0.3, -0.25) is 9.38 Å². The topological polar surface area (TPSA) is 43.1 Å². The van der Waals surface area contributed by atoms with E-state index in [1.54, 1.807) is 6.20 Å². The van der Waals surface area contributed by atoms with Gasteiger partial charge in [-0.1, -0.05) is 50.1 Å². The highest BCUT2D eigenvalue weighted by Gasteiger charge is 2.30. The van der Waals surface area contributed by atoms with Gasteiger partial charge in [0.15, 0.2) is 0 Å². The number of imidazole rings is 1. The zero-order chi connectivity index (χ0) is 15.2. The van der Waals surface area contributed by atoms with Crippen LogP contribution in [0.3, 0.4) is 0 Å². The summed E-state index contributed by atoms with van der Waals surface area (Å²) >= 11 is 8.88. The Morgan fingerprint density at radius 3 is 2.73 bits per heavy atom. The van der Waals surface area contributed by atoms with Gasteiger partial charge in [-0.05, 0) is 24.3 Å². The summed E-state index contributed by atoms with van der Waals surface area (Å²) in [4.78, 5) is 9.94. The maximum absolute atomic E-state index is 4.61. The first kappa shape index (κ1) is 14.3. The summed E-state index contributed by atoms with van der Waals surface area (Å²) in [6.07, 6.45) is 2.44. The summed E-state index contributed by atoms with van der Waals surface area (Å²) in [5, 5.41) is 0. The molecule has 3 aromatic heterocycles. The zero-order valence-electron chi connectivity index (χ0n) is 11.3. The molecule has 0 aliphatic carbocycles. The second kappa shape index (κ2) is 5.40. The number of pyridine rings is 1. The summed E-state index contributed by atoms with van der Waals surface area (Å²) in [6.45, 7) is 0. The van der Waals surface area contributed by atoms with E-state index in [-0.39, 0.29) is 0 Å². The number of para-hydroxylation sites is 2. The molecule has 0 atom stereocenters. The largest absolute Gasteiger partial charge is 0.269 e. The normalized spacial score (nSPS) is 12.3. The third-order valence-corrected chi connectivity index (χ3v) is 5.55. The minimum atomic E-state index is -0.451. The Morgan fingerprint density at radius 1 is 1.09 bits per heavy atom. The summed E-state index contributed by atoms with van der Waals surface area (Å²) in [5.74, 6) is 0.952. The van der Waals surface area contributed by atoms with Crippen LogP contribution in [0.2, 0.25) is 0 Å². The lowest BCUT2D eigenvalue weighted by Crippen LogP contribution is -2.16. The van der Waals surface area contributed by atoms with Crippen molar-refractivity contribution in [2.75, 3.05) is 0 Å². The van der Waals surface area contributed by atoms with Gasteiger partial charge in [0.05, 0.1) is 16.7 Å². The van der Waals surface area contributed by atoms with Gasteiger partial charge in [0.2, 0.25) is 4.96 Å². The Morgan fingerprint density at radius 2 is 1.91 bits per heavy atom. The molecule has 0 radical (unpaired) electrons. The Balaban J connectivity index is 1.81. The molecule has 0 amide bonds. The molecule has 0 saturated heterocycles. The molecule has 0 saturated carbocycles. The maximum atomic E-state index is 4.61. The number of rotatable bonds is 3. The van der Waals surface area contributed by atoms with Crippen LogP contribution in [0.1, 0.15) is 11.5 Å². The van der Waals surface area contributed by atoms with Gasteiger partial charge in [0.25, 0.3) is 0 Å². The molecule has 4 rings (SSSR count). The first-order valence-electron chi connectivity index (χ1n) is 6.66. The first-order valence-corrected chi connectivity index (χ1v) is 9.02. The Labute approximate surface area is 147 Å². The smallest absolute Gasteiger partial charge is 0.214 e. The molecule has 7 heteroatoms. The van der Waals surface area contributed by atoms with Crippen molar-refractivity contribution >= 4 is 59.4 Å². The van der Waals surface area contributed by atoms with Gasteiger partial charge in [-0.15, -0.1) is 0 Å². The van der Waals surface area contributed by atoms with Crippen LogP contribution in [0.15, 0.2) is 48.7 Å². The molecule has 3 heterocycles. The fourth-order valence-corrected chi connectivity index (χ4v) is 4.16. The van der Waals surface area contributed by atoms with Gasteiger partial charge in [-0.2, -0.15) is 4.37 Å². The van der Waals surface area contributed by atoms with Gasteiger partial charge in [0, 0.05) is 24.2 Å². The molecule has 4 nitrogen and oxygen atoms in total. The van der Waals surface area contributed by atoms with Crippen molar-refractivity contribution in [3.8, 4) is 0 Å². The summed E-state index contributed by atoms with van der Waals surface area (Å²) in [6, 6.07) is 14.0.